The standard InChI is InChI=1S/C12H22N6O/c1-9(2)7-17(10-3-4-10)5-6-18-8-11(15-16-18)12(19)14-13/h8-10H,3-7,13H2,1-2H3,(H,14,19). The number of nitrogens with two attached hydrogens (primary N) is 1. The Morgan fingerprint density at radius 2 is 2.37 bits per heavy atom. The van der Waals surface area contributed by atoms with Crippen LogP contribution in [-0.2, 0) is 6.54 Å². The van der Waals surface area contributed by atoms with Gasteiger partial charge in [-0.15, -0.1) is 5.10 Å². The van der Waals surface area contributed by atoms with Crippen LogP contribution in [0.2, 0.25) is 0 Å². The number of aromatic nitrogens is 3. The normalized spacial score (nSPS) is 15.2. The number of nitrogens with one attached hydrogen (secondary N) is 1. The van der Waals surface area contributed by atoms with Gasteiger partial charge in [0.05, 0.1) is 12.7 Å². The average molecular weight is 266 g/mol. The highest BCUT2D eigenvalue weighted by atomic mass is 16.2. The van der Waals surface area contributed by atoms with Gasteiger partial charge in [0.25, 0.3) is 5.91 Å². The molecule has 2 rings (SSSR count). The first kappa shape index (κ1) is 14.0. The van der Waals surface area contributed by atoms with Crippen molar-refractivity contribution in [3.05, 3.63) is 11.9 Å². The molecule has 0 unspecified atom stereocenters. The number of carbonyl (C=O) groups excluding carboxylic acids is 1. The van der Waals surface area contributed by atoms with Gasteiger partial charge < -0.3 is 0 Å². The van der Waals surface area contributed by atoms with Gasteiger partial charge in [-0.1, -0.05) is 19.1 Å². The summed E-state index contributed by atoms with van der Waals surface area (Å²) in [5.41, 5.74) is 2.30. The molecule has 3 N–H and O–H groups in total. The zero-order chi connectivity index (χ0) is 13.8. The van der Waals surface area contributed by atoms with Gasteiger partial charge in [0.2, 0.25) is 0 Å². The van der Waals surface area contributed by atoms with Gasteiger partial charge in [-0.25, -0.2) is 5.84 Å². The highest BCUT2D eigenvalue weighted by Crippen LogP contribution is 2.27. The fraction of sp³-hybridized carbons (Fsp3) is 0.750. The summed E-state index contributed by atoms with van der Waals surface area (Å²) >= 11 is 0. The van der Waals surface area contributed by atoms with E-state index in [1.54, 1.807) is 10.9 Å². The Hall–Kier alpha value is -1.47. The molecule has 106 valence electrons. The number of hydrazine groups is 1. The van der Waals surface area contributed by atoms with Gasteiger partial charge in [0, 0.05) is 19.1 Å². The molecule has 0 aliphatic heterocycles. The van der Waals surface area contributed by atoms with Crippen molar-refractivity contribution in [3.8, 4) is 0 Å². The minimum atomic E-state index is -0.410. The van der Waals surface area contributed by atoms with Crippen molar-refractivity contribution in [2.75, 3.05) is 13.1 Å². The lowest BCUT2D eigenvalue weighted by molar-refractivity contribution is 0.0948. The minimum Gasteiger partial charge on any atom is -0.298 e. The predicted octanol–water partition coefficient (Wildman–Crippen LogP) is 0.00200. The van der Waals surface area contributed by atoms with Gasteiger partial charge >= 0.3 is 0 Å². The van der Waals surface area contributed by atoms with Crippen LogP contribution in [-0.4, -0.2) is 44.9 Å². The van der Waals surface area contributed by atoms with Crippen LogP contribution in [0.5, 0.6) is 0 Å². The van der Waals surface area contributed by atoms with Crippen LogP contribution >= 0.6 is 0 Å². The third-order valence-corrected chi connectivity index (χ3v) is 3.18. The van der Waals surface area contributed by atoms with Crippen molar-refractivity contribution in [2.45, 2.75) is 39.3 Å². The maximum atomic E-state index is 11.3. The fourth-order valence-electron chi connectivity index (χ4n) is 2.15. The molecule has 19 heavy (non-hydrogen) atoms. The number of nitrogen functional groups attached to an aromatic ring is 1. The lowest BCUT2D eigenvalue weighted by Gasteiger charge is -2.23. The Morgan fingerprint density at radius 3 is 2.95 bits per heavy atom. The van der Waals surface area contributed by atoms with E-state index in [1.165, 1.54) is 12.8 Å². The highest BCUT2D eigenvalue weighted by molar-refractivity contribution is 5.91. The first-order chi connectivity index (χ1) is 9.10. The Labute approximate surface area is 113 Å². The second-order valence-corrected chi connectivity index (χ2v) is 5.46. The molecule has 0 saturated heterocycles. The van der Waals surface area contributed by atoms with Crippen LogP contribution < -0.4 is 11.3 Å². The molecular weight excluding hydrogens is 244 g/mol. The Kier molecular flexibility index (Phi) is 4.49. The summed E-state index contributed by atoms with van der Waals surface area (Å²) in [5.74, 6) is 5.31. The third-order valence-electron chi connectivity index (χ3n) is 3.18. The third kappa shape index (κ3) is 4.00. The van der Waals surface area contributed by atoms with Crippen LogP contribution in [0.1, 0.15) is 37.2 Å². The molecule has 1 heterocycles. The van der Waals surface area contributed by atoms with Crippen molar-refractivity contribution in [3.63, 3.8) is 0 Å². The molecule has 1 aromatic heterocycles. The van der Waals surface area contributed by atoms with Crippen LogP contribution in [0.15, 0.2) is 6.20 Å². The number of nitrogens with zero attached hydrogens (tertiary/aromatic N) is 4. The number of hydrogen-bond acceptors (Lipinski definition) is 5. The molecule has 7 nitrogen and oxygen atoms in total. The van der Waals surface area contributed by atoms with Crippen molar-refractivity contribution < 1.29 is 4.79 Å². The molecule has 0 aromatic carbocycles. The summed E-state index contributed by atoms with van der Waals surface area (Å²) in [4.78, 5) is 13.8. The van der Waals surface area contributed by atoms with Gasteiger partial charge in [0.15, 0.2) is 5.69 Å². The monoisotopic (exact) mass is 266 g/mol. The molecular formula is C12H22N6O. The highest BCUT2D eigenvalue weighted by Gasteiger charge is 2.28. The molecule has 0 spiro atoms. The van der Waals surface area contributed by atoms with Gasteiger partial charge in [-0.05, 0) is 18.8 Å². The Morgan fingerprint density at radius 1 is 1.63 bits per heavy atom. The van der Waals surface area contributed by atoms with Crippen molar-refractivity contribution in [2.24, 2.45) is 11.8 Å². The molecule has 1 fully saturated rings. The van der Waals surface area contributed by atoms with E-state index in [2.05, 4.69) is 29.1 Å². The molecule has 1 aliphatic rings. The summed E-state index contributed by atoms with van der Waals surface area (Å²) in [7, 11) is 0. The summed E-state index contributed by atoms with van der Waals surface area (Å²) in [6, 6.07) is 0.734. The summed E-state index contributed by atoms with van der Waals surface area (Å²) in [6.07, 6.45) is 4.22. The largest absolute Gasteiger partial charge is 0.298 e. The fourth-order valence-corrected chi connectivity index (χ4v) is 2.15. The number of amides is 1. The first-order valence-electron chi connectivity index (χ1n) is 6.75. The number of rotatable bonds is 7. The first-order valence-corrected chi connectivity index (χ1v) is 6.75. The summed E-state index contributed by atoms with van der Waals surface area (Å²) in [5, 5.41) is 7.73. The van der Waals surface area contributed by atoms with Gasteiger partial charge in [-0.2, -0.15) is 0 Å². The molecule has 1 aromatic rings. The summed E-state index contributed by atoms with van der Waals surface area (Å²) in [6.45, 7) is 7.25. The topological polar surface area (TPSA) is 89.1 Å². The lowest BCUT2D eigenvalue weighted by Crippen LogP contribution is -2.33. The Balaban J connectivity index is 1.86. The van der Waals surface area contributed by atoms with E-state index in [0.717, 1.165) is 25.7 Å². The van der Waals surface area contributed by atoms with E-state index in [1.807, 2.05) is 5.43 Å². The Bertz CT molecular complexity index is 426. The molecule has 1 saturated carbocycles. The van der Waals surface area contributed by atoms with Crippen LogP contribution in [0.3, 0.4) is 0 Å². The second-order valence-electron chi connectivity index (χ2n) is 5.46. The zero-order valence-electron chi connectivity index (χ0n) is 11.5. The predicted molar refractivity (Wildman–Crippen MR) is 71.1 cm³/mol. The van der Waals surface area contributed by atoms with E-state index < -0.39 is 5.91 Å². The zero-order valence-corrected chi connectivity index (χ0v) is 11.5. The quantitative estimate of drug-likeness (QED) is 0.412. The van der Waals surface area contributed by atoms with E-state index in [0.29, 0.717) is 5.92 Å². The maximum absolute atomic E-state index is 11.3. The molecule has 0 radical (unpaired) electrons. The second kappa shape index (κ2) is 6.12. The van der Waals surface area contributed by atoms with Crippen molar-refractivity contribution in [1.29, 1.82) is 0 Å². The van der Waals surface area contributed by atoms with Crippen molar-refractivity contribution >= 4 is 5.91 Å². The SMILES string of the molecule is CC(C)CN(CCn1cc(C(=O)NN)nn1)C1CC1. The van der Waals surface area contributed by atoms with E-state index in [4.69, 9.17) is 5.84 Å². The van der Waals surface area contributed by atoms with E-state index >= 15 is 0 Å². The number of carbonyl (C=O) groups is 1. The minimum absolute atomic E-state index is 0.254. The molecule has 1 aliphatic carbocycles. The van der Waals surface area contributed by atoms with Crippen LogP contribution in [0.4, 0.5) is 0 Å². The molecule has 0 bridgehead atoms. The van der Waals surface area contributed by atoms with Crippen molar-refractivity contribution in [1.82, 2.24) is 25.3 Å². The number of hydrogen-bond donors (Lipinski definition) is 2. The molecule has 7 heteroatoms. The average Bonchev–Trinajstić information content (AvgIpc) is 3.12. The summed E-state index contributed by atoms with van der Waals surface area (Å²) < 4.78 is 1.69. The van der Waals surface area contributed by atoms with Crippen LogP contribution in [0, 0.1) is 5.92 Å². The van der Waals surface area contributed by atoms with Gasteiger partial charge in [-0.3, -0.25) is 19.8 Å². The van der Waals surface area contributed by atoms with E-state index in [9.17, 15) is 4.79 Å². The molecule has 0 atom stereocenters. The lowest BCUT2D eigenvalue weighted by atomic mass is 10.2. The van der Waals surface area contributed by atoms with Crippen LogP contribution in [0.25, 0.3) is 0 Å². The van der Waals surface area contributed by atoms with E-state index in [-0.39, 0.29) is 5.69 Å². The molecule has 1 amide bonds. The smallest absolute Gasteiger partial charge is 0.287 e. The maximum Gasteiger partial charge on any atom is 0.287 e. The van der Waals surface area contributed by atoms with Gasteiger partial charge in [0.1, 0.15) is 0 Å².